The first kappa shape index (κ1) is 22.7. The van der Waals surface area contributed by atoms with Gasteiger partial charge in [0.25, 0.3) is 0 Å². The van der Waals surface area contributed by atoms with Crippen molar-refractivity contribution in [3.63, 3.8) is 0 Å². The summed E-state index contributed by atoms with van der Waals surface area (Å²) in [5.41, 5.74) is 1.34. The summed E-state index contributed by atoms with van der Waals surface area (Å²) in [5, 5.41) is 14.9. The van der Waals surface area contributed by atoms with Crippen LogP contribution in [0.15, 0.2) is 47.5 Å². The number of pyridine rings is 1. The topological polar surface area (TPSA) is 124 Å². The molecule has 3 rings (SSSR count). The standard InChI is InChI=1S/C21H25N5O4S/c22-16-18-2-1-9-24-21(18)25-11-10-23-20(27)8-5-17-3-6-19(7-4-17)31(28,29)26-12-14-30-15-13-26/h1-4,6-7,9H,5,8,10-15H2,(H,23,27)(H,24,25). The molecule has 0 saturated carbocycles. The first-order chi connectivity index (χ1) is 15.0. The highest BCUT2D eigenvalue weighted by atomic mass is 32.2. The van der Waals surface area contributed by atoms with E-state index in [0.717, 1.165) is 5.56 Å². The number of carbonyl (C=O) groups excluding carboxylic acids is 1. The molecule has 9 nitrogen and oxygen atoms in total. The number of nitrogens with zero attached hydrogens (tertiary/aromatic N) is 3. The van der Waals surface area contributed by atoms with Crippen molar-refractivity contribution in [3.8, 4) is 6.07 Å². The summed E-state index contributed by atoms with van der Waals surface area (Å²) in [6.45, 7) is 2.38. The van der Waals surface area contributed by atoms with Gasteiger partial charge in [0.15, 0.2) is 0 Å². The van der Waals surface area contributed by atoms with Crippen molar-refractivity contribution in [2.75, 3.05) is 44.7 Å². The molecule has 1 amide bonds. The van der Waals surface area contributed by atoms with Gasteiger partial charge in [-0.2, -0.15) is 9.57 Å². The van der Waals surface area contributed by atoms with E-state index in [1.165, 1.54) is 4.31 Å². The third-order valence-corrected chi connectivity index (χ3v) is 6.75. The Hall–Kier alpha value is -3.00. The number of hydrogen-bond acceptors (Lipinski definition) is 7. The van der Waals surface area contributed by atoms with E-state index in [9.17, 15) is 13.2 Å². The fraction of sp³-hybridized carbons (Fsp3) is 0.381. The summed E-state index contributed by atoms with van der Waals surface area (Å²) in [6.07, 6.45) is 2.40. The van der Waals surface area contributed by atoms with Crippen LogP contribution in [0, 0.1) is 11.3 Å². The maximum absolute atomic E-state index is 12.6. The number of sulfonamides is 1. The molecule has 2 N–H and O–H groups in total. The average Bonchev–Trinajstić information content (AvgIpc) is 2.81. The maximum atomic E-state index is 12.6. The van der Waals surface area contributed by atoms with Crippen molar-refractivity contribution in [1.82, 2.24) is 14.6 Å². The maximum Gasteiger partial charge on any atom is 0.243 e. The third kappa shape index (κ3) is 6.24. The number of nitrogens with one attached hydrogen (secondary N) is 2. The Kier molecular flexibility index (Phi) is 7.94. The number of carbonyl (C=O) groups is 1. The zero-order chi connectivity index (χ0) is 22.1. The summed E-state index contributed by atoms with van der Waals surface area (Å²) < 4.78 is 31.9. The van der Waals surface area contributed by atoms with Crippen LogP contribution in [0.4, 0.5) is 5.82 Å². The van der Waals surface area contributed by atoms with Crippen LogP contribution in [0.2, 0.25) is 0 Å². The predicted molar refractivity (Wildman–Crippen MR) is 115 cm³/mol. The molecule has 1 fully saturated rings. The number of aromatic nitrogens is 1. The number of aryl methyl sites for hydroxylation is 1. The van der Waals surface area contributed by atoms with Gasteiger partial charge in [-0.25, -0.2) is 13.4 Å². The van der Waals surface area contributed by atoms with E-state index in [0.29, 0.717) is 63.6 Å². The molecule has 164 valence electrons. The Morgan fingerprint density at radius 2 is 1.90 bits per heavy atom. The van der Waals surface area contributed by atoms with Gasteiger partial charge in [0.2, 0.25) is 15.9 Å². The highest BCUT2D eigenvalue weighted by molar-refractivity contribution is 7.89. The zero-order valence-corrected chi connectivity index (χ0v) is 17.9. The average molecular weight is 444 g/mol. The van der Waals surface area contributed by atoms with Crippen LogP contribution in [-0.2, 0) is 26.0 Å². The van der Waals surface area contributed by atoms with Crippen molar-refractivity contribution in [3.05, 3.63) is 53.7 Å². The Morgan fingerprint density at radius 1 is 1.16 bits per heavy atom. The van der Waals surface area contributed by atoms with E-state index >= 15 is 0 Å². The minimum absolute atomic E-state index is 0.103. The van der Waals surface area contributed by atoms with Crippen molar-refractivity contribution < 1.29 is 17.9 Å². The lowest BCUT2D eigenvalue weighted by atomic mass is 10.1. The van der Waals surface area contributed by atoms with E-state index in [4.69, 9.17) is 10.00 Å². The molecule has 0 bridgehead atoms. The van der Waals surface area contributed by atoms with Gasteiger partial charge >= 0.3 is 0 Å². The number of hydrogen-bond donors (Lipinski definition) is 2. The highest BCUT2D eigenvalue weighted by Gasteiger charge is 2.26. The summed E-state index contributed by atoms with van der Waals surface area (Å²) in [5.74, 6) is 0.389. The lowest BCUT2D eigenvalue weighted by molar-refractivity contribution is -0.120. The minimum atomic E-state index is -3.51. The Balaban J connectivity index is 1.41. The number of morpholine rings is 1. The second-order valence-electron chi connectivity index (χ2n) is 6.95. The number of rotatable bonds is 9. The zero-order valence-electron chi connectivity index (χ0n) is 17.1. The van der Waals surface area contributed by atoms with Gasteiger partial charge in [0.1, 0.15) is 11.9 Å². The molecule has 0 aliphatic carbocycles. The molecular weight excluding hydrogens is 418 g/mol. The molecule has 0 spiro atoms. The quantitative estimate of drug-likeness (QED) is 0.557. The molecule has 1 saturated heterocycles. The fourth-order valence-electron chi connectivity index (χ4n) is 3.13. The molecule has 10 heteroatoms. The molecule has 2 aromatic rings. The van der Waals surface area contributed by atoms with Gasteiger partial charge in [-0.05, 0) is 36.2 Å². The fourth-order valence-corrected chi connectivity index (χ4v) is 4.54. The number of anilines is 1. The molecule has 1 aromatic carbocycles. The molecule has 1 aromatic heterocycles. The molecular formula is C21H25N5O4S. The molecule has 31 heavy (non-hydrogen) atoms. The van der Waals surface area contributed by atoms with Crippen LogP contribution in [-0.4, -0.2) is 63.0 Å². The molecule has 0 radical (unpaired) electrons. The first-order valence-electron chi connectivity index (χ1n) is 10.0. The Bertz CT molecular complexity index is 1030. The van der Waals surface area contributed by atoms with Gasteiger partial charge < -0.3 is 15.4 Å². The van der Waals surface area contributed by atoms with E-state index in [1.54, 1.807) is 42.6 Å². The van der Waals surface area contributed by atoms with E-state index in [2.05, 4.69) is 21.7 Å². The third-order valence-electron chi connectivity index (χ3n) is 4.84. The molecule has 1 aliphatic heterocycles. The van der Waals surface area contributed by atoms with Crippen molar-refractivity contribution >= 4 is 21.7 Å². The van der Waals surface area contributed by atoms with Gasteiger partial charge in [-0.1, -0.05) is 12.1 Å². The van der Waals surface area contributed by atoms with Crippen LogP contribution in [0.1, 0.15) is 17.5 Å². The van der Waals surface area contributed by atoms with Crippen molar-refractivity contribution in [2.24, 2.45) is 0 Å². The first-order valence-corrected chi connectivity index (χ1v) is 11.5. The van der Waals surface area contributed by atoms with Crippen molar-refractivity contribution in [1.29, 1.82) is 5.26 Å². The SMILES string of the molecule is N#Cc1cccnc1NCCNC(=O)CCc1ccc(S(=O)(=O)N2CCOCC2)cc1. The van der Waals surface area contributed by atoms with E-state index in [1.807, 2.05) is 0 Å². The monoisotopic (exact) mass is 443 g/mol. The molecule has 1 aliphatic rings. The second-order valence-corrected chi connectivity index (χ2v) is 8.89. The predicted octanol–water partition coefficient (Wildman–Crippen LogP) is 1.14. The van der Waals surface area contributed by atoms with E-state index in [-0.39, 0.29) is 10.8 Å². The second kappa shape index (κ2) is 10.9. The van der Waals surface area contributed by atoms with Crippen LogP contribution in [0.5, 0.6) is 0 Å². The summed E-state index contributed by atoms with van der Waals surface area (Å²) >= 11 is 0. The smallest absolute Gasteiger partial charge is 0.243 e. The lowest BCUT2D eigenvalue weighted by Gasteiger charge is -2.26. The van der Waals surface area contributed by atoms with Gasteiger partial charge in [0.05, 0.1) is 23.7 Å². The summed E-state index contributed by atoms with van der Waals surface area (Å²) in [4.78, 5) is 16.4. The van der Waals surface area contributed by atoms with Crippen LogP contribution in [0.3, 0.4) is 0 Å². The van der Waals surface area contributed by atoms with Crippen LogP contribution in [0.25, 0.3) is 0 Å². The van der Waals surface area contributed by atoms with Gasteiger partial charge in [-0.3, -0.25) is 4.79 Å². The normalized spacial score (nSPS) is 14.5. The summed E-state index contributed by atoms with van der Waals surface area (Å²) in [7, 11) is -3.51. The van der Waals surface area contributed by atoms with Crippen LogP contribution < -0.4 is 10.6 Å². The lowest BCUT2D eigenvalue weighted by Crippen LogP contribution is -2.40. The van der Waals surface area contributed by atoms with Crippen molar-refractivity contribution in [2.45, 2.75) is 17.7 Å². The number of ether oxygens (including phenoxy) is 1. The van der Waals surface area contributed by atoms with Crippen LogP contribution >= 0.6 is 0 Å². The largest absolute Gasteiger partial charge is 0.379 e. The number of benzene rings is 1. The Labute approximate surface area is 182 Å². The molecule has 0 unspecified atom stereocenters. The molecule has 2 heterocycles. The Morgan fingerprint density at radius 3 is 2.61 bits per heavy atom. The van der Waals surface area contributed by atoms with Gasteiger partial charge in [0, 0.05) is 38.8 Å². The van der Waals surface area contributed by atoms with Gasteiger partial charge in [-0.15, -0.1) is 0 Å². The molecule has 0 atom stereocenters. The number of nitriles is 1. The highest BCUT2D eigenvalue weighted by Crippen LogP contribution is 2.18. The van der Waals surface area contributed by atoms with E-state index < -0.39 is 10.0 Å². The number of amides is 1. The summed E-state index contributed by atoms with van der Waals surface area (Å²) in [6, 6.07) is 12.1. The minimum Gasteiger partial charge on any atom is -0.379 e.